The number of nitrogens with one attached hydrogen (secondary N) is 1. The van der Waals surface area contributed by atoms with Crippen LogP contribution < -0.4 is 11.0 Å². The molecule has 1 saturated heterocycles. The quantitative estimate of drug-likeness (QED) is 0.189. The largest absolute Gasteiger partial charge is 0.414 e. The molecule has 0 radical (unpaired) electrons. The Morgan fingerprint density at radius 3 is 2.24 bits per heavy atom. The molecule has 1 fully saturated rings. The lowest BCUT2D eigenvalue weighted by atomic mass is 9.98. The van der Waals surface area contributed by atoms with Gasteiger partial charge < -0.3 is 18.9 Å². The van der Waals surface area contributed by atoms with Crippen molar-refractivity contribution in [1.29, 1.82) is 0 Å². The van der Waals surface area contributed by atoms with Crippen molar-refractivity contribution in [1.82, 2.24) is 9.55 Å². The zero-order valence-electron chi connectivity index (χ0n) is 24.3. The Bertz CT molecular complexity index is 965. The highest BCUT2D eigenvalue weighted by Gasteiger charge is 2.58. The summed E-state index contributed by atoms with van der Waals surface area (Å²) in [6, 6.07) is 6.98. The minimum absolute atomic E-state index is 0.116. The van der Waals surface area contributed by atoms with Gasteiger partial charge in [-0.2, -0.15) is 4.98 Å². The topological polar surface area (TPSA) is 91.7 Å². The number of hydrogen-bond acceptors (Lipinski definition) is 6. The number of halogens is 1. The predicted molar refractivity (Wildman–Crippen MR) is 155 cm³/mol. The lowest BCUT2D eigenvalue weighted by Crippen LogP contribution is -2.52. The number of aromatic nitrogens is 2. The van der Waals surface area contributed by atoms with Crippen LogP contribution in [0.3, 0.4) is 0 Å². The molecule has 1 aliphatic heterocycles. The molecule has 8 nitrogen and oxygen atoms in total. The van der Waals surface area contributed by atoms with Gasteiger partial charge in [-0.05, 0) is 55.7 Å². The van der Waals surface area contributed by atoms with Gasteiger partial charge in [-0.1, -0.05) is 47.6 Å². The third-order valence-electron chi connectivity index (χ3n) is 8.40. The second kappa shape index (κ2) is 14.1. The van der Waals surface area contributed by atoms with Crippen LogP contribution in [0, 0.1) is 0 Å². The Morgan fingerprint density at radius 1 is 1.16 bits per heavy atom. The molecule has 2 heterocycles. The van der Waals surface area contributed by atoms with Gasteiger partial charge in [-0.3, -0.25) is 9.36 Å². The average molecular weight is 570 g/mol. The van der Waals surface area contributed by atoms with Crippen LogP contribution in [0.2, 0.25) is 36.3 Å². The second-order valence-electron chi connectivity index (χ2n) is 10.4. The molecule has 0 aliphatic carbocycles. The highest BCUT2D eigenvalue weighted by molar-refractivity contribution is 6.74. The number of ether oxygens (including phenoxy) is 1. The molecule has 1 aliphatic rings. The molecule has 0 saturated carbocycles. The molecule has 1 N–H and O–H groups in total. The Kier molecular flexibility index (Phi) is 12.1. The smallest absolute Gasteiger partial charge is 0.351 e. The number of allylic oxidation sites excluding steroid dienone is 1. The van der Waals surface area contributed by atoms with Crippen molar-refractivity contribution in [2.45, 2.75) is 122 Å². The number of anilines is 1. The minimum Gasteiger partial charge on any atom is -0.414 e. The summed E-state index contributed by atoms with van der Waals surface area (Å²) in [5, 5.41) is 2.60. The maximum absolute atomic E-state index is 16.8. The Morgan fingerprint density at radius 2 is 1.74 bits per heavy atom. The van der Waals surface area contributed by atoms with Gasteiger partial charge in [0.15, 0.2) is 28.5 Å². The predicted octanol–water partition coefficient (Wildman–Crippen LogP) is 6.19. The number of alkyl halides is 1. The monoisotopic (exact) mass is 569 g/mol. The van der Waals surface area contributed by atoms with Crippen molar-refractivity contribution in [3.05, 3.63) is 35.4 Å². The maximum Gasteiger partial charge on any atom is 0.351 e. The lowest BCUT2D eigenvalue weighted by Gasteiger charge is -2.38. The summed E-state index contributed by atoms with van der Waals surface area (Å²) in [5.41, 5.74) is -2.70. The fourth-order valence-corrected chi connectivity index (χ4v) is 10.8. The molecule has 38 heavy (non-hydrogen) atoms. The first kappa shape index (κ1) is 32.5. The standard InChI is InChI=1S/C27H48FN3O5Si2/c1-9-16-17-23(32)29-22-18-19-31(26(33)30-22)25-27(8,28)24(36-38(13-5,14-6)15-7)21(35-25)20-34-37(10-2,11-3)12-4/h9,18-19,21,24-25H,1,10-17,20H2,2-8H3,(H,29,30,32,33)/t21-,24?,25-,27+/m1/s1. The first-order valence-electron chi connectivity index (χ1n) is 14.2. The molecule has 0 aromatic carbocycles. The molecule has 0 bridgehead atoms. The first-order chi connectivity index (χ1) is 18.0. The van der Waals surface area contributed by atoms with E-state index in [2.05, 4.69) is 58.4 Å². The van der Waals surface area contributed by atoms with E-state index >= 15 is 4.39 Å². The van der Waals surface area contributed by atoms with Gasteiger partial charge in [0, 0.05) is 12.6 Å². The number of nitrogens with zero attached hydrogens (tertiary/aromatic N) is 2. The highest BCUT2D eigenvalue weighted by atomic mass is 28.4. The van der Waals surface area contributed by atoms with Gasteiger partial charge in [-0.25, -0.2) is 9.18 Å². The third-order valence-corrected chi connectivity index (χ3v) is 17.7. The molecule has 1 unspecified atom stereocenters. The summed E-state index contributed by atoms with van der Waals surface area (Å²) in [6.45, 7) is 18.0. The van der Waals surface area contributed by atoms with Crippen LogP contribution in [0.25, 0.3) is 0 Å². The number of rotatable bonds is 16. The van der Waals surface area contributed by atoms with Gasteiger partial charge in [0.1, 0.15) is 18.0 Å². The fraction of sp³-hybridized carbons (Fsp3) is 0.741. The van der Waals surface area contributed by atoms with Gasteiger partial charge in [0.2, 0.25) is 5.91 Å². The fourth-order valence-electron chi connectivity index (χ4n) is 5.21. The van der Waals surface area contributed by atoms with Crippen LogP contribution in [0.4, 0.5) is 10.2 Å². The van der Waals surface area contributed by atoms with Gasteiger partial charge in [0.25, 0.3) is 0 Å². The van der Waals surface area contributed by atoms with Crippen molar-refractivity contribution in [3.63, 3.8) is 0 Å². The zero-order chi connectivity index (χ0) is 28.6. The van der Waals surface area contributed by atoms with Gasteiger partial charge in [-0.15, -0.1) is 6.58 Å². The average Bonchev–Trinajstić information content (AvgIpc) is 3.16. The van der Waals surface area contributed by atoms with Crippen LogP contribution in [0.15, 0.2) is 29.7 Å². The Labute approximate surface area is 229 Å². The van der Waals surface area contributed by atoms with E-state index < -0.39 is 46.4 Å². The van der Waals surface area contributed by atoms with E-state index in [1.807, 2.05) is 0 Å². The van der Waals surface area contributed by atoms with E-state index in [-0.39, 0.29) is 24.8 Å². The molecule has 1 aromatic heterocycles. The zero-order valence-corrected chi connectivity index (χ0v) is 26.3. The molecule has 2 rings (SSSR count). The van der Waals surface area contributed by atoms with Crippen LogP contribution >= 0.6 is 0 Å². The Hall–Kier alpha value is -1.67. The molecule has 1 amide bonds. The molecule has 11 heteroatoms. The van der Waals surface area contributed by atoms with Crippen molar-refractivity contribution in [2.24, 2.45) is 0 Å². The van der Waals surface area contributed by atoms with E-state index in [0.717, 1.165) is 40.8 Å². The second-order valence-corrected chi connectivity index (χ2v) is 19.9. The van der Waals surface area contributed by atoms with Crippen molar-refractivity contribution >= 4 is 28.4 Å². The number of carbonyl (C=O) groups is 1. The van der Waals surface area contributed by atoms with Crippen molar-refractivity contribution < 1.29 is 22.8 Å². The molecule has 0 spiro atoms. The summed E-state index contributed by atoms with van der Waals surface area (Å²) in [5.74, 6) is -0.159. The van der Waals surface area contributed by atoms with Crippen molar-refractivity contribution in [3.8, 4) is 0 Å². The number of amides is 1. The summed E-state index contributed by atoms with van der Waals surface area (Å²) < 4.78 is 37.5. The summed E-state index contributed by atoms with van der Waals surface area (Å²) in [6.07, 6.45) is 1.05. The van der Waals surface area contributed by atoms with E-state index in [4.69, 9.17) is 13.6 Å². The van der Waals surface area contributed by atoms with Gasteiger partial charge >= 0.3 is 5.69 Å². The van der Waals surface area contributed by atoms with E-state index in [0.29, 0.717) is 6.42 Å². The highest BCUT2D eigenvalue weighted by Crippen LogP contribution is 2.45. The van der Waals surface area contributed by atoms with E-state index in [1.165, 1.54) is 19.2 Å². The summed E-state index contributed by atoms with van der Waals surface area (Å²) >= 11 is 0. The molecule has 1 aromatic rings. The minimum atomic E-state index is -2.22. The summed E-state index contributed by atoms with van der Waals surface area (Å²) in [7, 11) is -4.18. The third kappa shape index (κ3) is 7.29. The number of carbonyl (C=O) groups excluding carboxylic acids is 1. The van der Waals surface area contributed by atoms with Gasteiger partial charge in [0.05, 0.1) is 6.61 Å². The van der Waals surface area contributed by atoms with E-state index in [9.17, 15) is 9.59 Å². The lowest BCUT2D eigenvalue weighted by molar-refractivity contribution is -0.116. The normalized spacial score (nSPS) is 23.9. The van der Waals surface area contributed by atoms with Crippen molar-refractivity contribution in [2.75, 3.05) is 11.9 Å². The van der Waals surface area contributed by atoms with Crippen LogP contribution in [0.5, 0.6) is 0 Å². The molecular formula is C27H48FN3O5Si2. The Balaban J connectivity index is 2.41. The molecular weight excluding hydrogens is 521 g/mol. The van der Waals surface area contributed by atoms with Crippen LogP contribution in [-0.2, 0) is 18.4 Å². The summed E-state index contributed by atoms with van der Waals surface area (Å²) in [4.78, 5) is 29.0. The molecule has 4 atom stereocenters. The van der Waals surface area contributed by atoms with Crippen LogP contribution in [0.1, 0.15) is 67.5 Å². The first-order valence-corrected chi connectivity index (χ1v) is 19.2. The van der Waals surface area contributed by atoms with Crippen LogP contribution in [-0.4, -0.2) is 56.6 Å². The SMILES string of the molecule is C=CCCC(=O)Nc1ccn([C@@H]2O[C@H](CO[Si](CC)(CC)CC)C(O[Si](CC)(CC)CC)[C@]2(C)F)c(=O)n1. The number of hydrogen-bond donors (Lipinski definition) is 1. The van der Waals surface area contributed by atoms with E-state index in [1.54, 1.807) is 6.08 Å². The maximum atomic E-state index is 16.8. The molecule has 216 valence electrons.